The highest BCUT2D eigenvalue weighted by atomic mass is 19.2. The SMILES string of the molecule is O=C(Cc1cccc(F)c1)c1c(F)c(F)c(F)c(F)c1F. The van der Waals surface area contributed by atoms with E-state index < -0.39 is 52.7 Å². The number of hydrogen-bond acceptors (Lipinski definition) is 1. The molecule has 0 atom stereocenters. The largest absolute Gasteiger partial charge is 0.294 e. The van der Waals surface area contributed by atoms with E-state index >= 15 is 0 Å². The van der Waals surface area contributed by atoms with Gasteiger partial charge in [0.05, 0.1) is 5.56 Å². The average molecular weight is 304 g/mol. The molecule has 1 nitrogen and oxygen atoms in total. The Bertz CT molecular complexity index is 697. The molecule has 2 aromatic carbocycles. The van der Waals surface area contributed by atoms with Crippen molar-refractivity contribution >= 4 is 5.78 Å². The van der Waals surface area contributed by atoms with E-state index in [0.29, 0.717) is 0 Å². The summed E-state index contributed by atoms with van der Waals surface area (Å²) in [6.07, 6.45) is -0.698. The predicted molar refractivity (Wildman–Crippen MR) is 60.7 cm³/mol. The fourth-order valence-corrected chi connectivity index (χ4v) is 1.77. The Morgan fingerprint density at radius 2 is 1.33 bits per heavy atom. The average Bonchev–Trinajstić information content (AvgIpc) is 2.43. The van der Waals surface area contributed by atoms with Crippen molar-refractivity contribution < 1.29 is 31.1 Å². The van der Waals surface area contributed by atoms with Gasteiger partial charge < -0.3 is 0 Å². The van der Waals surface area contributed by atoms with Gasteiger partial charge in [0.15, 0.2) is 29.1 Å². The first-order valence-electron chi connectivity index (χ1n) is 5.62. The van der Waals surface area contributed by atoms with Crippen molar-refractivity contribution in [2.45, 2.75) is 6.42 Å². The van der Waals surface area contributed by atoms with E-state index in [9.17, 15) is 31.1 Å². The van der Waals surface area contributed by atoms with Crippen LogP contribution in [0.4, 0.5) is 26.3 Å². The van der Waals surface area contributed by atoms with Crippen LogP contribution in [0.15, 0.2) is 24.3 Å². The molecule has 7 heteroatoms. The molecule has 0 spiro atoms. The first-order chi connectivity index (χ1) is 9.82. The van der Waals surface area contributed by atoms with Crippen molar-refractivity contribution in [2.24, 2.45) is 0 Å². The van der Waals surface area contributed by atoms with Gasteiger partial charge in [0.25, 0.3) is 0 Å². The summed E-state index contributed by atoms with van der Waals surface area (Å²) in [5.74, 6) is -13.2. The van der Waals surface area contributed by atoms with Crippen molar-refractivity contribution in [3.8, 4) is 0 Å². The van der Waals surface area contributed by atoms with Crippen molar-refractivity contribution in [3.05, 3.63) is 70.3 Å². The van der Waals surface area contributed by atoms with Gasteiger partial charge in [0.2, 0.25) is 5.82 Å². The minimum absolute atomic E-state index is 0.0453. The molecule has 110 valence electrons. The molecule has 0 heterocycles. The Labute approximate surface area is 114 Å². The van der Waals surface area contributed by atoms with E-state index in [1.807, 2.05) is 0 Å². The number of carbonyl (C=O) groups is 1. The highest BCUT2D eigenvalue weighted by Gasteiger charge is 2.29. The summed E-state index contributed by atoms with van der Waals surface area (Å²) in [5, 5.41) is 0. The minimum atomic E-state index is -2.34. The molecule has 0 aliphatic carbocycles. The molecule has 0 fully saturated rings. The maximum Gasteiger partial charge on any atom is 0.200 e. The normalized spacial score (nSPS) is 10.8. The summed E-state index contributed by atoms with van der Waals surface area (Å²) < 4.78 is 78.6. The second-order valence-electron chi connectivity index (χ2n) is 4.17. The highest BCUT2D eigenvalue weighted by molar-refractivity contribution is 5.98. The number of rotatable bonds is 3. The van der Waals surface area contributed by atoms with Gasteiger partial charge in [-0.2, -0.15) is 0 Å². The zero-order valence-corrected chi connectivity index (χ0v) is 10.2. The standard InChI is InChI=1S/C14H6F6O/c15-7-3-1-2-6(4-7)5-8(21)9-10(16)12(18)14(20)13(19)11(9)17/h1-4H,5H2. The second-order valence-corrected chi connectivity index (χ2v) is 4.17. The van der Waals surface area contributed by atoms with Crippen LogP contribution in [0.3, 0.4) is 0 Å². The summed E-state index contributed by atoms with van der Waals surface area (Å²) in [7, 11) is 0. The fraction of sp³-hybridized carbons (Fsp3) is 0.0714. The van der Waals surface area contributed by atoms with Crippen LogP contribution in [0.2, 0.25) is 0 Å². The highest BCUT2D eigenvalue weighted by Crippen LogP contribution is 2.24. The Kier molecular flexibility index (Phi) is 4.02. The quantitative estimate of drug-likeness (QED) is 0.363. The Morgan fingerprint density at radius 1 is 0.810 bits per heavy atom. The molecule has 2 rings (SSSR count). The van der Waals surface area contributed by atoms with Crippen LogP contribution in [-0.2, 0) is 6.42 Å². The number of Topliss-reactive ketones (excluding diaryl/α,β-unsaturated/α-hetero) is 1. The second kappa shape index (κ2) is 5.59. The van der Waals surface area contributed by atoms with Crippen LogP contribution in [0.1, 0.15) is 15.9 Å². The first-order valence-corrected chi connectivity index (χ1v) is 5.62. The fourth-order valence-electron chi connectivity index (χ4n) is 1.77. The molecule has 0 unspecified atom stereocenters. The molecule has 21 heavy (non-hydrogen) atoms. The smallest absolute Gasteiger partial charge is 0.200 e. The molecule has 0 aromatic heterocycles. The Hall–Kier alpha value is -2.31. The van der Waals surface area contributed by atoms with Crippen LogP contribution in [0.5, 0.6) is 0 Å². The van der Waals surface area contributed by atoms with Crippen LogP contribution in [-0.4, -0.2) is 5.78 Å². The third kappa shape index (κ3) is 2.76. The third-order valence-electron chi connectivity index (χ3n) is 2.74. The molecular weight excluding hydrogens is 298 g/mol. The molecular formula is C14H6F6O. The zero-order valence-electron chi connectivity index (χ0n) is 10.2. The first kappa shape index (κ1) is 15.1. The summed E-state index contributed by atoms with van der Waals surface area (Å²) in [6.45, 7) is 0. The minimum Gasteiger partial charge on any atom is -0.294 e. The summed E-state index contributed by atoms with van der Waals surface area (Å²) in [5.41, 5.74) is -1.49. The number of ketones is 1. The monoisotopic (exact) mass is 304 g/mol. The maximum absolute atomic E-state index is 13.4. The lowest BCUT2D eigenvalue weighted by molar-refractivity contribution is 0.0981. The third-order valence-corrected chi connectivity index (χ3v) is 2.74. The van der Waals surface area contributed by atoms with Crippen LogP contribution >= 0.6 is 0 Å². The van der Waals surface area contributed by atoms with Gasteiger partial charge in [0.1, 0.15) is 5.82 Å². The molecule has 0 saturated carbocycles. The lowest BCUT2D eigenvalue weighted by atomic mass is 10.0. The van der Waals surface area contributed by atoms with Crippen molar-refractivity contribution in [2.75, 3.05) is 0 Å². The summed E-state index contributed by atoms with van der Waals surface area (Å²) in [6, 6.07) is 4.53. The van der Waals surface area contributed by atoms with Gasteiger partial charge >= 0.3 is 0 Å². The van der Waals surface area contributed by atoms with Gasteiger partial charge in [-0.25, -0.2) is 26.3 Å². The molecule has 0 amide bonds. The Morgan fingerprint density at radius 3 is 1.86 bits per heavy atom. The number of benzene rings is 2. The summed E-state index contributed by atoms with van der Waals surface area (Å²) >= 11 is 0. The number of halogens is 6. The van der Waals surface area contributed by atoms with Gasteiger partial charge in [-0.3, -0.25) is 4.79 Å². The van der Waals surface area contributed by atoms with E-state index in [-0.39, 0.29) is 5.56 Å². The van der Waals surface area contributed by atoms with Crippen LogP contribution < -0.4 is 0 Å². The van der Waals surface area contributed by atoms with E-state index in [1.54, 1.807) is 0 Å². The van der Waals surface area contributed by atoms with E-state index in [4.69, 9.17) is 0 Å². The molecule has 0 bridgehead atoms. The van der Waals surface area contributed by atoms with Crippen molar-refractivity contribution in [3.63, 3.8) is 0 Å². The van der Waals surface area contributed by atoms with Crippen LogP contribution in [0, 0.1) is 34.9 Å². The van der Waals surface area contributed by atoms with Gasteiger partial charge in [-0.15, -0.1) is 0 Å². The maximum atomic E-state index is 13.4. The lowest BCUT2D eigenvalue weighted by Gasteiger charge is -2.07. The van der Waals surface area contributed by atoms with E-state index in [0.717, 1.165) is 12.1 Å². The molecule has 0 aliphatic heterocycles. The summed E-state index contributed by atoms with van der Waals surface area (Å²) in [4.78, 5) is 11.7. The molecule has 0 saturated heterocycles. The molecule has 0 aliphatic rings. The van der Waals surface area contributed by atoms with E-state index in [2.05, 4.69) is 0 Å². The molecule has 0 N–H and O–H groups in total. The lowest BCUT2D eigenvalue weighted by Crippen LogP contribution is -2.14. The zero-order chi connectivity index (χ0) is 15.7. The van der Waals surface area contributed by atoms with Gasteiger partial charge in [-0.05, 0) is 17.7 Å². The predicted octanol–water partition coefficient (Wildman–Crippen LogP) is 3.95. The molecule has 0 radical (unpaired) electrons. The van der Waals surface area contributed by atoms with Gasteiger partial charge in [-0.1, -0.05) is 12.1 Å². The topological polar surface area (TPSA) is 17.1 Å². The van der Waals surface area contributed by atoms with Gasteiger partial charge in [0, 0.05) is 6.42 Å². The van der Waals surface area contributed by atoms with Crippen LogP contribution in [0.25, 0.3) is 0 Å². The number of carbonyl (C=O) groups excluding carboxylic acids is 1. The number of hydrogen-bond donors (Lipinski definition) is 0. The molecule has 2 aromatic rings. The Balaban J connectivity index is 2.45. The van der Waals surface area contributed by atoms with Crippen molar-refractivity contribution in [1.82, 2.24) is 0 Å². The van der Waals surface area contributed by atoms with Crippen molar-refractivity contribution in [1.29, 1.82) is 0 Å². The van der Waals surface area contributed by atoms with E-state index in [1.165, 1.54) is 12.1 Å².